The van der Waals surface area contributed by atoms with Gasteiger partial charge in [0.25, 0.3) is 5.91 Å². The van der Waals surface area contributed by atoms with Gasteiger partial charge in [0.05, 0.1) is 17.4 Å². The predicted molar refractivity (Wildman–Crippen MR) is 109 cm³/mol. The van der Waals surface area contributed by atoms with E-state index < -0.39 is 0 Å². The topological polar surface area (TPSA) is 76.6 Å². The monoisotopic (exact) mass is 390 g/mol. The number of hydrogen-bond donors (Lipinski definition) is 1. The maximum absolute atomic E-state index is 12.6. The Bertz CT molecular complexity index is 994. The Hall–Kier alpha value is -3.61. The van der Waals surface area contributed by atoms with E-state index in [1.54, 1.807) is 24.8 Å². The van der Waals surface area contributed by atoms with Gasteiger partial charge < -0.3 is 19.7 Å². The van der Waals surface area contributed by atoms with Crippen molar-refractivity contribution >= 4 is 11.6 Å². The van der Waals surface area contributed by atoms with Crippen LogP contribution >= 0.6 is 0 Å². The Balaban J connectivity index is 1.35. The highest BCUT2D eigenvalue weighted by atomic mass is 16.7. The number of carbonyl (C=O) groups is 1. The Morgan fingerprint density at radius 3 is 2.72 bits per heavy atom. The van der Waals surface area contributed by atoms with Crippen LogP contribution in [0.25, 0.3) is 0 Å². The minimum Gasteiger partial charge on any atom is -0.454 e. The van der Waals surface area contributed by atoms with Crippen LogP contribution in [0.4, 0.5) is 5.69 Å². The van der Waals surface area contributed by atoms with Crippen molar-refractivity contribution < 1.29 is 14.3 Å². The molecule has 3 heterocycles. The normalized spacial score (nSPS) is 11.9. The van der Waals surface area contributed by atoms with Gasteiger partial charge in [0, 0.05) is 38.7 Å². The standard InChI is InChI=1S/C22H22N4O3/c1-26(9-6-16-4-7-23-8-5-16)19-11-18(13-24-14-19)22(27)25-12-17-2-3-20-21(10-17)29-15-28-20/h2-5,7-8,10-11,13-14H,6,9,12,15H2,1H3,(H,25,27). The van der Waals surface area contributed by atoms with Gasteiger partial charge in [0.2, 0.25) is 6.79 Å². The summed E-state index contributed by atoms with van der Waals surface area (Å²) in [5.41, 5.74) is 3.59. The van der Waals surface area contributed by atoms with Crippen LogP contribution in [-0.2, 0) is 13.0 Å². The van der Waals surface area contributed by atoms with E-state index in [-0.39, 0.29) is 12.7 Å². The van der Waals surface area contributed by atoms with Gasteiger partial charge in [-0.2, -0.15) is 0 Å². The van der Waals surface area contributed by atoms with Crippen molar-refractivity contribution in [3.05, 3.63) is 77.9 Å². The molecule has 1 aliphatic heterocycles. The van der Waals surface area contributed by atoms with E-state index in [1.165, 1.54) is 5.56 Å². The Morgan fingerprint density at radius 2 is 1.86 bits per heavy atom. The minimum atomic E-state index is -0.167. The second-order valence-corrected chi connectivity index (χ2v) is 6.83. The molecule has 1 N–H and O–H groups in total. The van der Waals surface area contributed by atoms with Gasteiger partial charge in [-0.3, -0.25) is 14.8 Å². The third kappa shape index (κ3) is 4.63. The first-order chi connectivity index (χ1) is 14.2. The molecule has 7 heteroatoms. The summed E-state index contributed by atoms with van der Waals surface area (Å²) in [5, 5.41) is 2.93. The Labute approximate surface area is 169 Å². The molecule has 1 amide bonds. The van der Waals surface area contributed by atoms with Crippen molar-refractivity contribution in [2.45, 2.75) is 13.0 Å². The molecule has 0 saturated carbocycles. The number of fused-ring (bicyclic) bond motifs is 1. The molecule has 0 bridgehead atoms. The molecule has 4 rings (SSSR count). The van der Waals surface area contributed by atoms with Crippen LogP contribution in [0.15, 0.2) is 61.2 Å². The highest BCUT2D eigenvalue weighted by molar-refractivity contribution is 5.94. The molecule has 0 saturated heterocycles. The van der Waals surface area contributed by atoms with Crippen LogP contribution < -0.4 is 19.7 Å². The van der Waals surface area contributed by atoms with Gasteiger partial charge in [-0.05, 0) is 47.9 Å². The Kier molecular flexibility index (Phi) is 5.56. The van der Waals surface area contributed by atoms with E-state index in [2.05, 4.69) is 20.2 Å². The van der Waals surface area contributed by atoms with Crippen molar-refractivity contribution in [3.8, 4) is 11.5 Å². The number of benzene rings is 1. The second kappa shape index (κ2) is 8.60. The molecule has 1 aliphatic rings. The minimum absolute atomic E-state index is 0.167. The second-order valence-electron chi connectivity index (χ2n) is 6.83. The summed E-state index contributed by atoms with van der Waals surface area (Å²) in [4.78, 5) is 22.9. The zero-order valence-corrected chi connectivity index (χ0v) is 16.2. The Morgan fingerprint density at radius 1 is 1.03 bits per heavy atom. The van der Waals surface area contributed by atoms with Crippen molar-refractivity contribution in [3.63, 3.8) is 0 Å². The molecule has 2 aromatic heterocycles. The number of rotatable bonds is 7. The summed E-state index contributed by atoms with van der Waals surface area (Å²) < 4.78 is 10.7. The molecule has 0 fully saturated rings. The van der Waals surface area contributed by atoms with Crippen LogP contribution in [0.1, 0.15) is 21.5 Å². The number of ether oxygens (including phenoxy) is 2. The van der Waals surface area contributed by atoms with Gasteiger partial charge in [-0.15, -0.1) is 0 Å². The molecule has 0 unspecified atom stereocenters. The zero-order valence-electron chi connectivity index (χ0n) is 16.2. The van der Waals surface area contributed by atoms with Crippen molar-refractivity contribution in [1.29, 1.82) is 0 Å². The predicted octanol–water partition coefficient (Wildman–Crippen LogP) is 2.81. The number of aromatic nitrogens is 2. The van der Waals surface area contributed by atoms with Gasteiger partial charge >= 0.3 is 0 Å². The van der Waals surface area contributed by atoms with E-state index >= 15 is 0 Å². The van der Waals surface area contributed by atoms with Crippen molar-refractivity contribution in [1.82, 2.24) is 15.3 Å². The lowest BCUT2D eigenvalue weighted by Crippen LogP contribution is -2.24. The maximum atomic E-state index is 12.6. The average Bonchev–Trinajstić information content (AvgIpc) is 3.24. The summed E-state index contributed by atoms with van der Waals surface area (Å²) in [6, 6.07) is 11.5. The lowest BCUT2D eigenvalue weighted by atomic mass is 10.1. The zero-order chi connectivity index (χ0) is 20.1. The summed E-state index contributed by atoms with van der Waals surface area (Å²) in [6.07, 6.45) is 7.82. The molecular formula is C22H22N4O3. The summed E-state index contributed by atoms with van der Waals surface area (Å²) in [7, 11) is 1.99. The molecule has 0 spiro atoms. The maximum Gasteiger partial charge on any atom is 0.253 e. The summed E-state index contributed by atoms with van der Waals surface area (Å²) in [5.74, 6) is 1.27. The third-order valence-corrected chi connectivity index (χ3v) is 4.80. The van der Waals surface area contributed by atoms with E-state index in [0.29, 0.717) is 17.9 Å². The summed E-state index contributed by atoms with van der Waals surface area (Å²) >= 11 is 0. The summed E-state index contributed by atoms with van der Waals surface area (Å²) in [6.45, 7) is 1.45. The number of nitrogens with zero attached hydrogens (tertiary/aromatic N) is 3. The fourth-order valence-corrected chi connectivity index (χ4v) is 3.07. The third-order valence-electron chi connectivity index (χ3n) is 4.80. The number of carbonyl (C=O) groups excluding carboxylic acids is 1. The number of amides is 1. The molecular weight excluding hydrogens is 368 g/mol. The number of anilines is 1. The van der Waals surface area contributed by atoms with Crippen LogP contribution in [0.5, 0.6) is 11.5 Å². The van der Waals surface area contributed by atoms with Gasteiger partial charge in [-0.25, -0.2) is 0 Å². The molecule has 7 nitrogen and oxygen atoms in total. The molecule has 3 aromatic rings. The van der Waals surface area contributed by atoms with Gasteiger partial charge in [0.15, 0.2) is 11.5 Å². The number of pyridine rings is 2. The molecule has 0 atom stereocenters. The van der Waals surface area contributed by atoms with E-state index in [4.69, 9.17) is 9.47 Å². The lowest BCUT2D eigenvalue weighted by molar-refractivity contribution is 0.0950. The highest BCUT2D eigenvalue weighted by Crippen LogP contribution is 2.32. The quantitative estimate of drug-likeness (QED) is 0.669. The fourth-order valence-electron chi connectivity index (χ4n) is 3.07. The largest absolute Gasteiger partial charge is 0.454 e. The van der Waals surface area contributed by atoms with Crippen molar-refractivity contribution in [2.75, 3.05) is 25.3 Å². The first kappa shape index (κ1) is 18.7. The fraction of sp³-hybridized carbons (Fsp3) is 0.227. The van der Waals surface area contributed by atoms with E-state index in [9.17, 15) is 4.79 Å². The van der Waals surface area contributed by atoms with Crippen molar-refractivity contribution in [2.24, 2.45) is 0 Å². The number of nitrogens with one attached hydrogen (secondary N) is 1. The van der Waals surface area contributed by atoms with Crippen LogP contribution in [-0.4, -0.2) is 36.3 Å². The molecule has 0 aliphatic carbocycles. The average molecular weight is 390 g/mol. The molecule has 29 heavy (non-hydrogen) atoms. The number of likely N-dealkylation sites (N-methyl/N-ethyl adjacent to an activating group) is 1. The molecule has 0 radical (unpaired) electrons. The number of hydrogen-bond acceptors (Lipinski definition) is 6. The highest BCUT2D eigenvalue weighted by Gasteiger charge is 2.14. The first-order valence-electron chi connectivity index (χ1n) is 9.41. The van der Waals surface area contributed by atoms with Gasteiger partial charge in [-0.1, -0.05) is 6.07 Å². The molecule has 148 valence electrons. The smallest absolute Gasteiger partial charge is 0.253 e. The first-order valence-corrected chi connectivity index (χ1v) is 9.41. The molecule has 1 aromatic carbocycles. The van der Waals surface area contributed by atoms with Crippen LogP contribution in [0.2, 0.25) is 0 Å². The lowest BCUT2D eigenvalue weighted by Gasteiger charge is -2.19. The van der Waals surface area contributed by atoms with Crippen LogP contribution in [0, 0.1) is 0 Å². The van der Waals surface area contributed by atoms with E-state index in [0.717, 1.165) is 30.0 Å². The van der Waals surface area contributed by atoms with Gasteiger partial charge in [0.1, 0.15) is 0 Å². The SMILES string of the molecule is CN(CCc1ccncc1)c1cncc(C(=O)NCc2ccc3c(c2)OCO3)c1. The van der Waals surface area contributed by atoms with Crippen LogP contribution in [0.3, 0.4) is 0 Å². The van der Waals surface area contributed by atoms with E-state index in [1.807, 2.05) is 43.4 Å².